The van der Waals surface area contributed by atoms with Crippen LogP contribution in [-0.4, -0.2) is 21.1 Å². The molecule has 0 aliphatic rings. The summed E-state index contributed by atoms with van der Waals surface area (Å²) in [6.07, 6.45) is -0.932. The number of anilines is 1. The van der Waals surface area contributed by atoms with Crippen LogP contribution in [0.3, 0.4) is 0 Å². The van der Waals surface area contributed by atoms with Gasteiger partial charge in [-0.05, 0) is 38.1 Å². The number of rotatable bonds is 6. The Hall–Kier alpha value is -2.19. The van der Waals surface area contributed by atoms with E-state index in [0.717, 1.165) is 17.7 Å². The molecule has 5 nitrogen and oxygen atoms in total. The van der Waals surface area contributed by atoms with Crippen molar-refractivity contribution in [3.05, 3.63) is 53.6 Å². The van der Waals surface area contributed by atoms with E-state index in [1.165, 1.54) is 19.1 Å². The average Bonchev–Trinajstić information content (AvgIpc) is 2.51. The fraction of sp³-hybridized carbons (Fsp3) is 0.250. The van der Waals surface area contributed by atoms with E-state index in [4.69, 9.17) is 14.7 Å². The van der Waals surface area contributed by atoms with E-state index >= 15 is 0 Å². The Bertz CT molecular complexity index is 823. The van der Waals surface area contributed by atoms with Gasteiger partial charge in [-0.15, -0.1) is 0 Å². The smallest absolute Gasteiger partial charge is 0.297 e. The first-order chi connectivity index (χ1) is 11.2. The second kappa shape index (κ2) is 7.14. The summed E-state index contributed by atoms with van der Waals surface area (Å²) in [7, 11) is -3.99. The lowest BCUT2D eigenvalue weighted by molar-refractivity contribution is 0.145. The quantitative estimate of drug-likeness (QED) is 0.635. The molecule has 0 heterocycles. The molecule has 24 heavy (non-hydrogen) atoms. The van der Waals surface area contributed by atoms with Crippen molar-refractivity contribution in [1.29, 1.82) is 0 Å². The summed E-state index contributed by atoms with van der Waals surface area (Å²) in [6, 6.07) is 8.15. The van der Waals surface area contributed by atoms with E-state index < -0.39 is 33.6 Å². The Morgan fingerprint density at radius 3 is 2.38 bits per heavy atom. The molecule has 0 bridgehead atoms. The zero-order valence-electron chi connectivity index (χ0n) is 13.1. The molecule has 130 valence electrons. The van der Waals surface area contributed by atoms with Crippen LogP contribution in [0, 0.1) is 18.6 Å². The SMILES string of the molecule is Cc1ccc(S(=O)(=O)OC(C)COc2c(N)ccc(F)c2F)cc1. The van der Waals surface area contributed by atoms with E-state index in [2.05, 4.69) is 0 Å². The Balaban J connectivity index is 2.05. The highest BCUT2D eigenvalue weighted by molar-refractivity contribution is 7.86. The highest BCUT2D eigenvalue weighted by atomic mass is 32.2. The standard InChI is InChI=1S/C16H17F2NO4S/c1-10-3-5-12(6-4-10)24(20,21)23-11(2)9-22-16-14(19)8-7-13(17)15(16)18/h3-8,11H,9,19H2,1-2H3. The number of hydrogen-bond donors (Lipinski definition) is 1. The minimum absolute atomic E-state index is 0.00333. The minimum Gasteiger partial charge on any atom is -0.485 e. The fourth-order valence-electron chi connectivity index (χ4n) is 1.90. The van der Waals surface area contributed by atoms with Crippen LogP contribution in [-0.2, 0) is 14.3 Å². The van der Waals surface area contributed by atoms with Crippen LogP contribution in [0.25, 0.3) is 0 Å². The Morgan fingerprint density at radius 2 is 1.75 bits per heavy atom. The molecule has 0 aliphatic carbocycles. The summed E-state index contributed by atoms with van der Waals surface area (Å²) in [6.45, 7) is 2.93. The topological polar surface area (TPSA) is 78.6 Å². The van der Waals surface area contributed by atoms with Gasteiger partial charge in [0.25, 0.3) is 10.1 Å². The first-order valence-corrected chi connectivity index (χ1v) is 8.48. The van der Waals surface area contributed by atoms with E-state index in [1.54, 1.807) is 12.1 Å². The molecule has 2 rings (SSSR count). The molecule has 2 aromatic rings. The first-order valence-electron chi connectivity index (χ1n) is 7.07. The molecule has 0 saturated carbocycles. The molecular formula is C16H17F2NO4S. The van der Waals surface area contributed by atoms with E-state index in [9.17, 15) is 17.2 Å². The second-order valence-electron chi connectivity index (χ2n) is 5.26. The van der Waals surface area contributed by atoms with E-state index in [-0.39, 0.29) is 17.2 Å². The lowest BCUT2D eigenvalue weighted by atomic mass is 10.2. The number of benzene rings is 2. The van der Waals surface area contributed by atoms with Crippen molar-refractivity contribution in [3.63, 3.8) is 0 Å². The monoisotopic (exact) mass is 357 g/mol. The number of nitrogen functional groups attached to an aromatic ring is 1. The molecule has 1 unspecified atom stereocenters. The normalized spacial score (nSPS) is 12.8. The maximum atomic E-state index is 13.6. The number of ether oxygens (including phenoxy) is 1. The third kappa shape index (κ3) is 4.21. The van der Waals surface area contributed by atoms with Gasteiger partial charge in [0.2, 0.25) is 5.82 Å². The minimum atomic E-state index is -3.99. The number of hydrogen-bond acceptors (Lipinski definition) is 5. The van der Waals surface area contributed by atoms with Crippen molar-refractivity contribution in [2.75, 3.05) is 12.3 Å². The molecule has 0 aromatic heterocycles. The molecule has 0 saturated heterocycles. The molecule has 2 N–H and O–H groups in total. The average molecular weight is 357 g/mol. The Kier molecular flexibility index (Phi) is 5.40. The first kappa shape index (κ1) is 18.2. The van der Waals surface area contributed by atoms with Gasteiger partial charge in [-0.1, -0.05) is 17.7 Å². The van der Waals surface area contributed by atoms with Gasteiger partial charge in [-0.25, -0.2) is 4.39 Å². The second-order valence-corrected chi connectivity index (χ2v) is 6.84. The number of halogens is 2. The molecule has 2 aromatic carbocycles. The zero-order valence-corrected chi connectivity index (χ0v) is 13.9. The van der Waals surface area contributed by atoms with Gasteiger partial charge in [0.1, 0.15) is 12.7 Å². The summed E-state index contributed by atoms with van der Waals surface area (Å²) in [5.41, 5.74) is 6.33. The molecule has 0 spiro atoms. The molecule has 1 atom stereocenters. The van der Waals surface area contributed by atoms with Gasteiger partial charge < -0.3 is 10.5 Å². The maximum Gasteiger partial charge on any atom is 0.297 e. The van der Waals surface area contributed by atoms with Gasteiger partial charge in [0.05, 0.1) is 10.6 Å². The van der Waals surface area contributed by atoms with Crippen molar-refractivity contribution >= 4 is 15.8 Å². The van der Waals surface area contributed by atoms with Gasteiger partial charge in [-0.2, -0.15) is 12.8 Å². The molecule has 0 aliphatic heterocycles. The fourth-order valence-corrected chi connectivity index (χ4v) is 2.97. The lowest BCUT2D eigenvalue weighted by Gasteiger charge is -2.16. The van der Waals surface area contributed by atoms with Crippen LogP contribution in [0.5, 0.6) is 5.75 Å². The molecule has 0 amide bonds. The predicted octanol–water partition coefficient (Wildman–Crippen LogP) is 3.03. The van der Waals surface area contributed by atoms with Crippen LogP contribution >= 0.6 is 0 Å². The predicted molar refractivity (Wildman–Crippen MR) is 85.2 cm³/mol. The van der Waals surface area contributed by atoms with Crippen molar-refractivity contribution in [1.82, 2.24) is 0 Å². The largest absolute Gasteiger partial charge is 0.485 e. The maximum absolute atomic E-state index is 13.6. The van der Waals surface area contributed by atoms with Crippen LogP contribution in [0.2, 0.25) is 0 Å². The Morgan fingerprint density at radius 1 is 1.12 bits per heavy atom. The van der Waals surface area contributed by atoms with Crippen molar-refractivity contribution in [2.24, 2.45) is 0 Å². The molecule has 0 radical (unpaired) electrons. The van der Waals surface area contributed by atoms with Crippen molar-refractivity contribution in [3.8, 4) is 5.75 Å². The van der Waals surface area contributed by atoms with Crippen LogP contribution in [0.1, 0.15) is 12.5 Å². The van der Waals surface area contributed by atoms with E-state index in [0.29, 0.717) is 0 Å². The number of aryl methyl sites for hydroxylation is 1. The molecule has 8 heteroatoms. The van der Waals surface area contributed by atoms with Gasteiger partial charge in [-0.3, -0.25) is 4.18 Å². The summed E-state index contributed by atoms with van der Waals surface area (Å²) >= 11 is 0. The molecular weight excluding hydrogens is 340 g/mol. The zero-order chi connectivity index (χ0) is 17.9. The van der Waals surface area contributed by atoms with Crippen LogP contribution in [0.4, 0.5) is 14.5 Å². The highest BCUT2D eigenvalue weighted by Gasteiger charge is 2.21. The van der Waals surface area contributed by atoms with E-state index in [1.807, 2.05) is 6.92 Å². The molecule has 0 fully saturated rings. The lowest BCUT2D eigenvalue weighted by Crippen LogP contribution is -2.23. The van der Waals surface area contributed by atoms with Gasteiger partial charge >= 0.3 is 0 Å². The third-order valence-corrected chi connectivity index (χ3v) is 4.57. The van der Waals surface area contributed by atoms with Gasteiger partial charge in [0.15, 0.2) is 11.6 Å². The third-order valence-electron chi connectivity index (χ3n) is 3.14. The summed E-state index contributed by atoms with van der Waals surface area (Å²) in [4.78, 5) is -0.00333. The van der Waals surface area contributed by atoms with Crippen molar-refractivity contribution in [2.45, 2.75) is 24.8 Å². The highest BCUT2D eigenvalue weighted by Crippen LogP contribution is 2.27. The Labute approximate surface area is 139 Å². The van der Waals surface area contributed by atoms with Crippen LogP contribution in [0.15, 0.2) is 41.3 Å². The van der Waals surface area contributed by atoms with Crippen LogP contribution < -0.4 is 10.5 Å². The van der Waals surface area contributed by atoms with Gasteiger partial charge in [0, 0.05) is 0 Å². The van der Waals surface area contributed by atoms with Crippen molar-refractivity contribution < 1.29 is 26.1 Å². The number of nitrogens with two attached hydrogens (primary N) is 1. The summed E-state index contributed by atoms with van der Waals surface area (Å²) in [5.74, 6) is -2.82. The summed E-state index contributed by atoms with van der Waals surface area (Å²) < 4.78 is 61.1. The summed E-state index contributed by atoms with van der Waals surface area (Å²) in [5, 5.41) is 0.